The van der Waals surface area contributed by atoms with Crippen LogP contribution in [-0.2, 0) is 9.53 Å². The predicted molar refractivity (Wildman–Crippen MR) is 47.0 cm³/mol. The average Bonchev–Trinajstić information content (AvgIpc) is 1.83. The molecule has 0 spiro atoms. The molecule has 12 heavy (non-hydrogen) atoms. The van der Waals surface area contributed by atoms with Crippen molar-refractivity contribution in [2.24, 2.45) is 5.41 Å². The van der Waals surface area contributed by atoms with Crippen molar-refractivity contribution in [1.82, 2.24) is 0 Å². The van der Waals surface area contributed by atoms with Gasteiger partial charge in [-0.2, -0.15) is 0 Å². The van der Waals surface area contributed by atoms with Crippen molar-refractivity contribution in [1.29, 1.82) is 0 Å². The van der Waals surface area contributed by atoms with Gasteiger partial charge >= 0.3 is 5.97 Å². The minimum absolute atomic E-state index is 0.144. The lowest BCUT2D eigenvalue weighted by Gasteiger charge is -2.21. The van der Waals surface area contributed by atoms with Gasteiger partial charge in [0.2, 0.25) is 0 Å². The Kier molecular flexibility index (Phi) is 3.96. The second-order valence-corrected chi connectivity index (χ2v) is 3.69. The van der Waals surface area contributed by atoms with Crippen LogP contribution >= 0.6 is 0 Å². The van der Waals surface area contributed by atoms with E-state index in [0.717, 1.165) is 5.57 Å². The van der Waals surface area contributed by atoms with Crippen LogP contribution in [-0.4, -0.2) is 24.8 Å². The Balaban J connectivity index is 4.55. The lowest BCUT2D eigenvalue weighted by atomic mass is 9.86. The van der Waals surface area contributed by atoms with E-state index in [9.17, 15) is 4.79 Å². The second-order valence-electron chi connectivity index (χ2n) is 3.69. The van der Waals surface area contributed by atoms with Crippen molar-refractivity contribution in [2.75, 3.05) is 13.7 Å². The molecular formula is C9H16O3. The van der Waals surface area contributed by atoms with Crippen LogP contribution < -0.4 is 0 Å². The zero-order valence-corrected chi connectivity index (χ0v) is 8.05. The number of carbonyl (C=O) groups is 1. The molecule has 0 aromatic heterocycles. The molecule has 0 atom stereocenters. The molecule has 0 heterocycles. The second kappa shape index (κ2) is 4.26. The molecule has 0 aliphatic carbocycles. The third-order valence-corrected chi connectivity index (χ3v) is 1.56. The van der Waals surface area contributed by atoms with Crippen LogP contribution in [0, 0.1) is 5.41 Å². The number of carboxylic acids is 1. The summed E-state index contributed by atoms with van der Waals surface area (Å²) >= 11 is 0. The number of ether oxygens (including phenoxy) is 1. The van der Waals surface area contributed by atoms with E-state index in [1.165, 1.54) is 6.08 Å². The van der Waals surface area contributed by atoms with Crippen LogP contribution in [0.1, 0.15) is 20.8 Å². The number of hydrogen-bond acceptors (Lipinski definition) is 2. The highest BCUT2D eigenvalue weighted by atomic mass is 16.5. The Morgan fingerprint density at radius 1 is 1.50 bits per heavy atom. The van der Waals surface area contributed by atoms with E-state index in [2.05, 4.69) is 0 Å². The van der Waals surface area contributed by atoms with E-state index >= 15 is 0 Å². The summed E-state index contributed by atoms with van der Waals surface area (Å²) in [5.41, 5.74) is 0.645. The third-order valence-electron chi connectivity index (χ3n) is 1.56. The van der Waals surface area contributed by atoms with Crippen molar-refractivity contribution in [3.63, 3.8) is 0 Å². The van der Waals surface area contributed by atoms with Gasteiger partial charge in [-0.25, -0.2) is 4.79 Å². The summed E-state index contributed by atoms with van der Waals surface area (Å²) < 4.78 is 4.90. The summed E-state index contributed by atoms with van der Waals surface area (Å²) in [5, 5.41) is 8.54. The van der Waals surface area contributed by atoms with Gasteiger partial charge in [-0.05, 0) is 11.0 Å². The molecule has 0 aliphatic heterocycles. The first-order valence-electron chi connectivity index (χ1n) is 3.81. The van der Waals surface area contributed by atoms with Crippen molar-refractivity contribution in [3.05, 3.63) is 11.6 Å². The van der Waals surface area contributed by atoms with Gasteiger partial charge in [0, 0.05) is 13.2 Å². The SMILES string of the molecule is COC/C(=C\C(=O)O)C(C)(C)C. The monoisotopic (exact) mass is 172 g/mol. The standard InChI is InChI=1S/C9H16O3/c1-9(2,3)7(6-12-4)5-8(10)11/h5H,6H2,1-4H3,(H,10,11)/b7-5+. The van der Waals surface area contributed by atoms with Gasteiger partial charge in [-0.1, -0.05) is 20.8 Å². The van der Waals surface area contributed by atoms with Gasteiger partial charge in [0.25, 0.3) is 0 Å². The molecule has 70 valence electrons. The predicted octanol–water partition coefficient (Wildman–Crippen LogP) is 1.69. The summed E-state index contributed by atoms with van der Waals surface area (Å²) in [6.45, 7) is 6.25. The van der Waals surface area contributed by atoms with Crippen LogP contribution in [0.4, 0.5) is 0 Å². The Bertz CT molecular complexity index is 186. The van der Waals surface area contributed by atoms with Crippen molar-refractivity contribution in [2.45, 2.75) is 20.8 Å². The fourth-order valence-corrected chi connectivity index (χ4v) is 0.779. The lowest BCUT2D eigenvalue weighted by Crippen LogP contribution is -2.15. The summed E-state index contributed by atoms with van der Waals surface area (Å²) in [6, 6.07) is 0. The Hall–Kier alpha value is -0.830. The summed E-state index contributed by atoms with van der Waals surface area (Å²) in [7, 11) is 1.56. The molecule has 0 saturated carbocycles. The fraction of sp³-hybridized carbons (Fsp3) is 0.667. The molecule has 0 bridgehead atoms. The molecule has 0 amide bonds. The molecule has 3 nitrogen and oxygen atoms in total. The van der Waals surface area contributed by atoms with Gasteiger partial charge in [-0.3, -0.25) is 0 Å². The van der Waals surface area contributed by atoms with Crippen molar-refractivity contribution < 1.29 is 14.6 Å². The highest BCUT2D eigenvalue weighted by molar-refractivity contribution is 5.80. The molecular weight excluding hydrogens is 156 g/mol. The highest BCUT2D eigenvalue weighted by Gasteiger charge is 2.17. The minimum atomic E-state index is -0.919. The van der Waals surface area contributed by atoms with Crippen LogP contribution in [0.15, 0.2) is 11.6 Å². The molecule has 0 aliphatic rings. The maximum atomic E-state index is 10.4. The van der Waals surface area contributed by atoms with E-state index in [4.69, 9.17) is 9.84 Å². The zero-order chi connectivity index (χ0) is 9.78. The van der Waals surface area contributed by atoms with Gasteiger partial charge < -0.3 is 9.84 Å². The minimum Gasteiger partial charge on any atom is -0.478 e. The molecule has 0 fully saturated rings. The van der Waals surface area contributed by atoms with Crippen molar-refractivity contribution in [3.8, 4) is 0 Å². The van der Waals surface area contributed by atoms with Gasteiger partial charge in [-0.15, -0.1) is 0 Å². The van der Waals surface area contributed by atoms with Crippen LogP contribution in [0.3, 0.4) is 0 Å². The van der Waals surface area contributed by atoms with Gasteiger partial charge in [0.05, 0.1) is 6.61 Å². The first-order chi connectivity index (χ1) is 5.38. The number of aliphatic carboxylic acids is 1. The zero-order valence-electron chi connectivity index (χ0n) is 8.05. The Morgan fingerprint density at radius 3 is 2.25 bits per heavy atom. The van der Waals surface area contributed by atoms with E-state index in [1.54, 1.807) is 7.11 Å². The summed E-state index contributed by atoms with van der Waals surface area (Å²) in [5.74, 6) is -0.919. The normalized spacial score (nSPS) is 13.2. The first-order valence-corrected chi connectivity index (χ1v) is 3.81. The van der Waals surface area contributed by atoms with E-state index in [-0.39, 0.29) is 5.41 Å². The number of hydrogen-bond donors (Lipinski definition) is 1. The van der Waals surface area contributed by atoms with E-state index in [0.29, 0.717) is 6.61 Å². The average molecular weight is 172 g/mol. The molecule has 0 radical (unpaired) electrons. The van der Waals surface area contributed by atoms with Crippen LogP contribution in [0.25, 0.3) is 0 Å². The Morgan fingerprint density at radius 2 is 2.00 bits per heavy atom. The van der Waals surface area contributed by atoms with Crippen LogP contribution in [0.5, 0.6) is 0 Å². The fourth-order valence-electron chi connectivity index (χ4n) is 0.779. The maximum absolute atomic E-state index is 10.4. The first kappa shape index (κ1) is 11.2. The highest BCUT2D eigenvalue weighted by Crippen LogP contribution is 2.24. The molecule has 0 unspecified atom stereocenters. The van der Waals surface area contributed by atoms with Gasteiger partial charge in [0.1, 0.15) is 0 Å². The van der Waals surface area contributed by atoms with E-state index < -0.39 is 5.97 Å². The lowest BCUT2D eigenvalue weighted by molar-refractivity contribution is -0.131. The number of methoxy groups -OCH3 is 1. The quantitative estimate of drug-likeness (QED) is 0.659. The molecule has 1 N–H and O–H groups in total. The van der Waals surface area contributed by atoms with E-state index in [1.807, 2.05) is 20.8 Å². The Labute approximate surface area is 73.0 Å². The molecule has 0 aromatic carbocycles. The third kappa shape index (κ3) is 4.13. The van der Waals surface area contributed by atoms with Gasteiger partial charge in [0.15, 0.2) is 0 Å². The molecule has 0 saturated heterocycles. The molecule has 0 rings (SSSR count). The molecule has 3 heteroatoms. The topological polar surface area (TPSA) is 46.5 Å². The smallest absolute Gasteiger partial charge is 0.328 e. The number of rotatable bonds is 3. The maximum Gasteiger partial charge on any atom is 0.328 e. The summed E-state index contributed by atoms with van der Waals surface area (Å²) in [4.78, 5) is 10.4. The summed E-state index contributed by atoms with van der Waals surface area (Å²) in [6.07, 6.45) is 1.21. The number of carboxylic acid groups (broad SMARTS) is 1. The van der Waals surface area contributed by atoms with Crippen molar-refractivity contribution >= 4 is 5.97 Å². The largest absolute Gasteiger partial charge is 0.478 e. The van der Waals surface area contributed by atoms with Crippen LogP contribution in [0.2, 0.25) is 0 Å². The molecule has 0 aromatic rings.